The number of rotatable bonds is 7. The predicted octanol–water partition coefficient (Wildman–Crippen LogP) is 2.32. The number of aromatic nitrogens is 1. The molecule has 1 aromatic heterocycles. The number of esters is 1. The molecule has 166 valence electrons. The van der Waals surface area contributed by atoms with E-state index in [1.54, 1.807) is 31.3 Å². The first-order valence-electron chi connectivity index (χ1n) is 10.2. The Labute approximate surface area is 182 Å². The highest BCUT2D eigenvalue weighted by Gasteiger charge is 2.33. The van der Waals surface area contributed by atoms with Crippen molar-refractivity contribution >= 4 is 21.9 Å². The molecule has 1 saturated heterocycles. The molecule has 8 nitrogen and oxygen atoms in total. The summed E-state index contributed by atoms with van der Waals surface area (Å²) in [5.74, 6) is -0.668. The fraction of sp³-hybridized carbons (Fsp3) is 0.409. The minimum atomic E-state index is -3.69. The highest BCUT2D eigenvalue weighted by atomic mass is 32.2. The zero-order valence-electron chi connectivity index (χ0n) is 17.7. The fourth-order valence-electron chi connectivity index (χ4n) is 3.62. The van der Waals surface area contributed by atoms with E-state index in [0.29, 0.717) is 24.9 Å². The van der Waals surface area contributed by atoms with Crippen molar-refractivity contribution in [2.75, 3.05) is 26.7 Å². The van der Waals surface area contributed by atoms with Gasteiger partial charge in [0.15, 0.2) is 0 Å². The van der Waals surface area contributed by atoms with Crippen molar-refractivity contribution in [2.24, 2.45) is 5.92 Å². The Bertz CT molecular complexity index is 1000. The van der Waals surface area contributed by atoms with Crippen LogP contribution in [0.25, 0.3) is 0 Å². The van der Waals surface area contributed by atoms with Gasteiger partial charge in [-0.05, 0) is 61.7 Å². The van der Waals surface area contributed by atoms with Gasteiger partial charge in [-0.2, -0.15) is 4.31 Å². The number of sulfonamides is 1. The lowest BCUT2D eigenvalue weighted by atomic mass is 9.96. The summed E-state index contributed by atoms with van der Waals surface area (Å²) in [5.41, 5.74) is 1.31. The van der Waals surface area contributed by atoms with Crippen LogP contribution in [0, 0.1) is 5.92 Å². The highest BCUT2D eigenvalue weighted by Crippen LogP contribution is 2.25. The third kappa shape index (κ3) is 5.48. The smallest absolute Gasteiger partial charge is 0.338 e. The molecular weight excluding hydrogens is 418 g/mol. The van der Waals surface area contributed by atoms with Gasteiger partial charge in [0.25, 0.3) is 0 Å². The van der Waals surface area contributed by atoms with Crippen molar-refractivity contribution in [1.29, 1.82) is 0 Å². The van der Waals surface area contributed by atoms with E-state index in [9.17, 15) is 18.0 Å². The maximum atomic E-state index is 13.0. The number of pyridine rings is 1. The second kappa shape index (κ2) is 10.0. The lowest BCUT2D eigenvalue weighted by Gasteiger charge is -2.32. The van der Waals surface area contributed by atoms with Gasteiger partial charge >= 0.3 is 5.97 Å². The summed E-state index contributed by atoms with van der Waals surface area (Å²) >= 11 is 0. The standard InChI is InChI=1S/C22H27N3O5S/c1-3-30-22(27)19-4-6-20(7-5-19)31(28,29)25-14-10-18(11-15-25)21(26)24(2)16-17-8-12-23-13-9-17/h4-9,12-13,18H,3,10-11,14-16H2,1-2H3. The number of amides is 1. The van der Waals surface area contributed by atoms with E-state index in [2.05, 4.69) is 4.98 Å². The Morgan fingerprint density at radius 1 is 1.10 bits per heavy atom. The van der Waals surface area contributed by atoms with Crippen LogP contribution in [0.4, 0.5) is 0 Å². The number of carbonyl (C=O) groups excluding carboxylic acids is 2. The molecule has 1 aliphatic rings. The Morgan fingerprint density at radius 2 is 1.71 bits per heavy atom. The van der Waals surface area contributed by atoms with E-state index < -0.39 is 16.0 Å². The van der Waals surface area contributed by atoms with E-state index in [-0.39, 0.29) is 36.4 Å². The van der Waals surface area contributed by atoms with Crippen molar-refractivity contribution < 1.29 is 22.7 Å². The average Bonchev–Trinajstić information content (AvgIpc) is 2.79. The number of hydrogen-bond acceptors (Lipinski definition) is 6. The molecule has 2 aromatic rings. The SMILES string of the molecule is CCOC(=O)c1ccc(S(=O)(=O)N2CCC(C(=O)N(C)Cc3ccncc3)CC2)cc1. The number of carbonyl (C=O) groups is 2. The van der Waals surface area contributed by atoms with Gasteiger partial charge in [0, 0.05) is 45.0 Å². The highest BCUT2D eigenvalue weighted by molar-refractivity contribution is 7.89. The molecule has 0 atom stereocenters. The van der Waals surface area contributed by atoms with Crippen molar-refractivity contribution in [3.63, 3.8) is 0 Å². The summed E-state index contributed by atoms with van der Waals surface area (Å²) in [4.78, 5) is 30.3. The summed E-state index contributed by atoms with van der Waals surface area (Å²) in [5, 5.41) is 0. The Kier molecular flexibility index (Phi) is 7.40. The third-order valence-electron chi connectivity index (χ3n) is 5.35. The third-order valence-corrected chi connectivity index (χ3v) is 7.26. The second-order valence-electron chi connectivity index (χ2n) is 7.47. The van der Waals surface area contributed by atoms with Gasteiger partial charge < -0.3 is 9.64 Å². The van der Waals surface area contributed by atoms with Crippen LogP contribution in [0.3, 0.4) is 0 Å². The Balaban J connectivity index is 1.59. The number of ether oxygens (including phenoxy) is 1. The van der Waals surface area contributed by atoms with E-state index in [0.717, 1.165) is 5.56 Å². The van der Waals surface area contributed by atoms with Crippen LogP contribution in [0.15, 0.2) is 53.7 Å². The number of nitrogens with zero attached hydrogens (tertiary/aromatic N) is 3. The van der Waals surface area contributed by atoms with Crippen molar-refractivity contribution in [3.05, 3.63) is 59.9 Å². The molecule has 1 fully saturated rings. The molecular formula is C22H27N3O5S. The van der Waals surface area contributed by atoms with Gasteiger partial charge in [-0.3, -0.25) is 9.78 Å². The molecule has 0 unspecified atom stereocenters. The van der Waals surface area contributed by atoms with Crippen LogP contribution < -0.4 is 0 Å². The maximum absolute atomic E-state index is 13.0. The lowest BCUT2D eigenvalue weighted by molar-refractivity contribution is -0.135. The van der Waals surface area contributed by atoms with E-state index in [4.69, 9.17) is 4.74 Å². The van der Waals surface area contributed by atoms with Crippen LogP contribution in [0.2, 0.25) is 0 Å². The zero-order valence-corrected chi connectivity index (χ0v) is 18.5. The molecule has 0 spiro atoms. The molecule has 31 heavy (non-hydrogen) atoms. The Morgan fingerprint density at radius 3 is 2.29 bits per heavy atom. The lowest BCUT2D eigenvalue weighted by Crippen LogP contribution is -2.43. The van der Waals surface area contributed by atoms with E-state index in [1.807, 2.05) is 12.1 Å². The van der Waals surface area contributed by atoms with Crippen molar-refractivity contribution in [2.45, 2.75) is 31.2 Å². The van der Waals surface area contributed by atoms with Crippen LogP contribution >= 0.6 is 0 Å². The fourth-order valence-corrected chi connectivity index (χ4v) is 5.09. The first-order valence-corrected chi connectivity index (χ1v) is 11.7. The van der Waals surface area contributed by atoms with Gasteiger partial charge in [0.1, 0.15) is 0 Å². The summed E-state index contributed by atoms with van der Waals surface area (Å²) in [6.45, 7) is 3.02. The van der Waals surface area contributed by atoms with Gasteiger partial charge in [0.05, 0.1) is 17.1 Å². The first kappa shape index (κ1) is 22.9. The topological polar surface area (TPSA) is 96.9 Å². The van der Waals surface area contributed by atoms with Crippen molar-refractivity contribution in [1.82, 2.24) is 14.2 Å². The monoisotopic (exact) mass is 445 g/mol. The molecule has 3 rings (SSSR count). The van der Waals surface area contributed by atoms with Crippen LogP contribution in [-0.2, 0) is 26.1 Å². The van der Waals surface area contributed by atoms with E-state index >= 15 is 0 Å². The Hall–Kier alpha value is -2.78. The molecule has 0 aliphatic carbocycles. The normalized spacial score (nSPS) is 15.4. The maximum Gasteiger partial charge on any atom is 0.338 e. The molecule has 2 heterocycles. The number of piperidine rings is 1. The van der Waals surface area contributed by atoms with Gasteiger partial charge in [0.2, 0.25) is 15.9 Å². The first-order chi connectivity index (χ1) is 14.8. The molecule has 0 saturated carbocycles. The number of benzene rings is 1. The molecule has 1 amide bonds. The van der Waals surface area contributed by atoms with Crippen molar-refractivity contribution in [3.8, 4) is 0 Å². The predicted molar refractivity (Wildman–Crippen MR) is 115 cm³/mol. The zero-order chi connectivity index (χ0) is 22.4. The molecule has 9 heteroatoms. The number of hydrogen-bond donors (Lipinski definition) is 0. The molecule has 1 aliphatic heterocycles. The van der Waals surface area contributed by atoms with Crippen LogP contribution in [0.5, 0.6) is 0 Å². The molecule has 1 aromatic carbocycles. The summed E-state index contributed by atoms with van der Waals surface area (Å²) in [7, 11) is -1.92. The summed E-state index contributed by atoms with van der Waals surface area (Å²) in [6, 6.07) is 9.48. The van der Waals surface area contributed by atoms with E-state index in [1.165, 1.54) is 28.6 Å². The van der Waals surface area contributed by atoms with Gasteiger partial charge in [-0.15, -0.1) is 0 Å². The minimum absolute atomic E-state index is 0.0210. The van der Waals surface area contributed by atoms with Gasteiger partial charge in [-0.25, -0.2) is 13.2 Å². The average molecular weight is 446 g/mol. The largest absolute Gasteiger partial charge is 0.462 e. The van der Waals surface area contributed by atoms with Crippen LogP contribution in [0.1, 0.15) is 35.7 Å². The minimum Gasteiger partial charge on any atom is -0.462 e. The molecule has 0 N–H and O–H groups in total. The van der Waals surface area contributed by atoms with Gasteiger partial charge in [-0.1, -0.05) is 0 Å². The molecule has 0 radical (unpaired) electrons. The summed E-state index contributed by atoms with van der Waals surface area (Å²) in [6.07, 6.45) is 4.33. The second-order valence-corrected chi connectivity index (χ2v) is 9.41. The van der Waals surface area contributed by atoms with Crippen LogP contribution in [-0.4, -0.2) is 61.2 Å². The summed E-state index contributed by atoms with van der Waals surface area (Å²) < 4.78 is 32.2. The molecule has 0 bridgehead atoms. The quantitative estimate of drug-likeness (QED) is 0.607.